The van der Waals surface area contributed by atoms with Gasteiger partial charge >= 0.3 is 0 Å². The van der Waals surface area contributed by atoms with Crippen LogP contribution in [0.15, 0.2) is 24.3 Å². The Hall–Kier alpha value is -0.820. The number of fused-ring (bicyclic) bond motifs is 2. The van der Waals surface area contributed by atoms with E-state index in [-0.39, 0.29) is 6.10 Å². The van der Waals surface area contributed by atoms with Gasteiger partial charge in [-0.05, 0) is 73.3 Å². The predicted molar refractivity (Wildman–Crippen MR) is 81.7 cm³/mol. The highest BCUT2D eigenvalue weighted by Gasteiger charge is 2.53. The second-order valence-electron chi connectivity index (χ2n) is 7.28. The van der Waals surface area contributed by atoms with Crippen molar-refractivity contribution in [3.05, 3.63) is 35.4 Å². The van der Waals surface area contributed by atoms with Gasteiger partial charge in [-0.1, -0.05) is 37.1 Å². The SMILES string of the molecule is OC(CC1CCCc2ccccc21)C1C2CCCCC21. The Bertz CT molecular complexity index is 468. The lowest BCUT2D eigenvalue weighted by atomic mass is 9.79. The third-order valence-corrected chi connectivity index (χ3v) is 6.19. The summed E-state index contributed by atoms with van der Waals surface area (Å²) < 4.78 is 0. The average molecular weight is 270 g/mol. The molecule has 4 rings (SSSR count). The molecule has 0 bridgehead atoms. The molecule has 1 nitrogen and oxygen atoms in total. The molecule has 0 saturated heterocycles. The van der Waals surface area contributed by atoms with Crippen LogP contribution in [0.25, 0.3) is 0 Å². The van der Waals surface area contributed by atoms with Crippen LogP contribution < -0.4 is 0 Å². The predicted octanol–water partition coefficient (Wildman–Crippen LogP) is 4.29. The largest absolute Gasteiger partial charge is 0.393 e. The summed E-state index contributed by atoms with van der Waals surface area (Å²) in [7, 11) is 0. The van der Waals surface area contributed by atoms with Crippen LogP contribution in [0.3, 0.4) is 0 Å². The van der Waals surface area contributed by atoms with Gasteiger partial charge in [0, 0.05) is 0 Å². The Morgan fingerprint density at radius 2 is 1.75 bits per heavy atom. The van der Waals surface area contributed by atoms with E-state index < -0.39 is 0 Å². The molecule has 4 atom stereocenters. The van der Waals surface area contributed by atoms with Crippen molar-refractivity contribution in [1.29, 1.82) is 0 Å². The molecule has 4 unspecified atom stereocenters. The molecule has 3 aliphatic carbocycles. The molecule has 20 heavy (non-hydrogen) atoms. The van der Waals surface area contributed by atoms with Crippen molar-refractivity contribution in [2.75, 3.05) is 0 Å². The van der Waals surface area contributed by atoms with Crippen LogP contribution in [-0.4, -0.2) is 11.2 Å². The Morgan fingerprint density at radius 1 is 1.00 bits per heavy atom. The number of aryl methyl sites for hydroxylation is 1. The maximum absolute atomic E-state index is 10.7. The van der Waals surface area contributed by atoms with E-state index in [9.17, 15) is 5.11 Å². The lowest BCUT2D eigenvalue weighted by Crippen LogP contribution is -2.19. The molecule has 108 valence electrons. The van der Waals surface area contributed by atoms with Crippen molar-refractivity contribution in [2.45, 2.75) is 63.4 Å². The second-order valence-corrected chi connectivity index (χ2v) is 7.28. The summed E-state index contributed by atoms with van der Waals surface area (Å²) >= 11 is 0. The highest BCUT2D eigenvalue weighted by atomic mass is 16.3. The van der Waals surface area contributed by atoms with E-state index in [4.69, 9.17) is 0 Å². The molecule has 0 radical (unpaired) electrons. The molecule has 3 aliphatic rings. The Labute approximate surface area is 122 Å². The summed E-state index contributed by atoms with van der Waals surface area (Å²) in [5, 5.41) is 10.7. The van der Waals surface area contributed by atoms with Crippen molar-refractivity contribution in [2.24, 2.45) is 17.8 Å². The summed E-state index contributed by atoms with van der Waals surface area (Å²) in [6.07, 6.45) is 10.3. The second kappa shape index (κ2) is 5.18. The summed E-state index contributed by atoms with van der Waals surface area (Å²) in [4.78, 5) is 0. The van der Waals surface area contributed by atoms with E-state index in [0.29, 0.717) is 11.8 Å². The lowest BCUT2D eigenvalue weighted by molar-refractivity contribution is 0.119. The smallest absolute Gasteiger partial charge is 0.0579 e. The van der Waals surface area contributed by atoms with Gasteiger partial charge in [-0.2, -0.15) is 0 Å². The quantitative estimate of drug-likeness (QED) is 0.868. The molecule has 1 aromatic carbocycles. The fraction of sp³-hybridized carbons (Fsp3) is 0.684. The molecule has 1 aromatic rings. The molecule has 2 fully saturated rings. The van der Waals surface area contributed by atoms with Gasteiger partial charge in [-0.15, -0.1) is 0 Å². The number of aliphatic hydroxyl groups is 1. The number of hydrogen-bond acceptors (Lipinski definition) is 1. The normalized spacial score (nSPS) is 36.9. The van der Waals surface area contributed by atoms with E-state index in [1.54, 1.807) is 0 Å². The Balaban J connectivity index is 1.45. The van der Waals surface area contributed by atoms with Crippen LogP contribution in [0.5, 0.6) is 0 Å². The zero-order valence-corrected chi connectivity index (χ0v) is 12.3. The van der Waals surface area contributed by atoms with Gasteiger partial charge in [0.25, 0.3) is 0 Å². The van der Waals surface area contributed by atoms with Crippen molar-refractivity contribution in [3.63, 3.8) is 0 Å². The zero-order valence-electron chi connectivity index (χ0n) is 12.3. The van der Waals surface area contributed by atoms with Crippen molar-refractivity contribution >= 4 is 0 Å². The number of rotatable bonds is 3. The van der Waals surface area contributed by atoms with Gasteiger partial charge in [0.1, 0.15) is 0 Å². The van der Waals surface area contributed by atoms with Crippen LogP contribution >= 0.6 is 0 Å². The third kappa shape index (κ3) is 2.20. The molecule has 0 aromatic heterocycles. The van der Waals surface area contributed by atoms with Crippen molar-refractivity contribution < 1.29 is 5.11 Å². The van der Waals surface area contributed by atoms with Gasteiger partial charge < -0.3 is 5.11 Å². The van der Waals surface area contributed by atoms with Crippen LogP contribution in [0.1, 0.15) is 62.0 Å². The maximum Gasteiger partial charge on any atom is 0.0579 e. The standard InChI is InChI=1S/C19H26O/c20-18(19-16-10-3-4-11-17(16)19)12-14-8-5-7-13-6-1-2-9-15(13)14/h1-2,6,9,14,16-20H,3-5,7-8,10-12H2. The topological polar surface area (TPSA) is 20.2 Å². The van der Waals surface area contributed by atoms with E-state index in [1.165, 1.54) is 56.1 Å². The van der Waals surface area contributed by atoms with Gasteiger partial charge in [-0.3, -0.25) is 0 Å². The Kier molecular flexibility index (Phi) is 3.34. The molecule has 1 N–H and O–H groups in total. The molecule has 1 heteroatoms. The molecule has 2 saturated carbocycles. The summed E-state index contributed by atoms with van der Waals surface area (Å²) in [5.41, 5.74) is 3.06. The minimum Gasteiger partial charge on any atom is -0.393 e. The van der Waals surface area contributed by atoms with Gasteiger partial charge in [-0.25, -0.2) is 0 Å². The van der Waals surface area contributed by atoms with Crippen LogP contribution in [0, 0.1) is 17.8 Å². The molecular weight excluding hydrogens is 244 g/mol. The zero-order chi connectivity index (χ0) is 13.5. The minimum absolute atomic E-state index is 0.0424. The minimum atomic E-state index is -0.0424. The fourth-order valence-corrected chi connectivity index (χ4v) is 5.17. The first-order chi connectivity index (χ1) is 9.84. The molecular formula is C19H26O. The van der Waals surface area contributed by atoms with Gasteiger partial charge in [0.05, 0.1) is 6.10 Å². The molecule has 0 aliphatic heterocycles. The van der Waals surface area contributed by atoms with Crippen LogP contribution in [0.4, 0.5) is 0 Å². The fourth-order valence-electron chi connectivity index (χ4n) is 5.17. The summed E-state index contributed by atoms with van der Waals surface area (Å²) in [6, 6.07) is 8.91. The molecule has 0 spiro atoms. The summed E-state index contributed by atoms with van der Waals surface area (Å²) in [5.74, 6) is 3.00. The van der Waals surface area contributed by atoms with Crippen LogP contribution in [-0.2, 0) is 6.42 Å². The third-order valence-electron chi connectivity index (χ3n) is 6.19. The van der Waals surface area contributed by atoms with Gasteiger partial charge in [0.15, 0.2) is 0 Å². The first-order valence-electron chi connectivity index (χ1n) is 8.60. The highest BCUT2D eigenvalue weighted by molar-refractivity contribution is 5.32. The first kappa shape index (κ1) is 12.9. The number of benzene rings is 1. The molecule has 0 amide bonds. The van der Waals surface area contributed by atoms with E-state index in [2.05, 4.69) is 24.3 Å². The van der Waals surface area contributed by atoms with Crippen LogP contribution in [0.2, 0.25) is 0 Å². The van der Waals surface area contributed by atoms with E-state index in [0.717, 1.165) is 18.3 Å². The Morgan fingerprint density at radius 3 is 2.55 bits per heavy atom. The monoisotopic (exact) mass is 270 g/mol. The highest BCUT2D eigenvalue weighted by Crippen LogP contribution is 2.58. The average Bonchev–Trinajstić information content (AvgIpc) is 3.22. The van der Waals surface area contributed by atoms with Crippen molar-refractivity contribution in [1.82, 2.24) is 0 Å². The van der Waals surface area contributed by atoms with Gasteiger partial charge in [0.2, 0.25) is 0 Å². The maximum atomic E-state index is 10.7. The number of hydrogen-bond donors (Lipinski definition) is 1. The van der Waals surface area contributed by atoms with Crippen molar-refractivity contribution in [3.8, 4) is 0 Å². The molecule has 0 heterocycles. The number of aliphatic hydroxyl groups excluding tert-OH is 1. The van der Waals surface area contributed by atoms with E-state index in [1.807, 2.05) is 0 Å². The lowest BCUT2D eigenvalue weighted by Gasteiger charge is -2.27. The summed E-state index contributed by atoms with van der Waals surface area (Å²) in [6.45, 7) is 0. The first-order valence-corrected chi connectivity index (χ1v) is 8.60. The van der Waals surface area contributed by atoms with E-state index >= 15 is 0 Å².